The molecule has 1 atom stereocenters. The zero-order valence-corrected chi connectivity index (χ0v) is 17.6. The number of amides is 2. The molecule has 0 bridgehead atoms. The zero-order valence-electron chi connectivity index (χ0n) is 16.8. The van der Waals surface area contributed by atoms with Crippen LogP contribution in [0.2, 0.25) is 5.02 Å². The molecule has 0 radical (unpaired) electrons. The maximum atomic E-state index is 13.1. The molecule has 2 aliphatic heterocycles. The van der Waals surface area contributed by atoms with Gasteiger partial charge in [-0.25, -0.2) is 5.01 Å². The molecule has 156 valence electrons. The zero-order chi connectivity index (χ0) is 21.3. The second kappa shape index (κ2) is 8.36. The Labute approximate surface area is 179 Å². The number of ether oxygens (including phenoxy) is 2. The first-order valence-electron chi connectivity index (χ1n) is 9.76. The summed E-state index contributed by atoms with van der Waals surface area (Å²) in [5.74, 6) is 0.959. The highest BCUT2D eigenvalue weighted by Crippen LogP contribution is 2.39. The minimum Gasteiger partial charge on any atom is -0.454 e. The van der Waals surface area contributed by atoms with E-state index in [0.29, 0.717) is 29.4 Å². The number of likely N-dealkylation sites (N-methyl/N-ethyl adjacent to an activating group) is 1. The van der Waals surface area contributed by atoms with Gasteiger partial charge in [-0.05, 0) is 23.8 Å². The Kier molecular flexibility index (Phi) is 5.63. The van der Waals surface area contributed by atoms with Crippen molar-refractivity contribution in [3.05, 3.63) is 58.6 Å². The fourth-order valence-electron chi connectivity index (χ4n) is 3.61. The van der Waals surface area contributed by atoms with Crippen LogP contribution in [0.4, 0.5) is 0 Å². The minimum atomic E-state index is -0.330. The lowest BCUT2D eigenvalue weighted by Gasteiger charge is -2.25. The molecule has 0 saturated carbocycles. The third kappa shape index (κ3) is 3.85. The van der Waals surface area contributed by atoms with Crippen LogP contribution in [-0.4, -0.2) is 47.8 Å². The van der Waals surface area contributed by atoms with E-state index >= 15 is 0 Å². The van der Waals surface area contributed by atoms with Crippen LogP contribution in [-0.2, 0) is 9.59 Å². The second-order valence-corrected chi connectivity index (χ2v) is 7.61. The summed E-state index contributed by atoms with van der Waals surface area (Å²) in [7, 11) is 1.62. The fraction of sp³-hybridized carbons (Fsp3) is 0.318. The molecular formula is C22H22ClN3O4. The average molecular weight is 428 g/mol. The fourth-order valence-corrected chi connectivity index (χ4v) is 3.86. The quantitative estimate of drug-likeness (QED) is 0.730. The van der Waals surface area contributed by atoms with Gasteiger partial charge in [0.15, 0.2) is 11.5 Å². The molecule has 8 heteroatoms. The monoisotopic (exact) mass is 427 g/mol. The Morgan fingerprint density at radius 1 is 1.20 bits per heavy atom. The number of hydrogen-bond acceptors (Lipinski definition) is 5. The van der Waals surface area contributed by atoms with Crippen molar-refractivity contribution in [2.75, 3.05) is 20.4 Å². The van der Waals surface area contributed by atoms with Crippen LogP contribution < -0.4 is 9.47 Å². The van der Waals surface area contributed by atoms with E-state index < -0.39 is 0 Å². The topological polar surface area (TPSA) is 71.4 Å². The first kappa shape index (κ1) is 20.2. The predicted molar refractivity (Wildman–Crippen MR) is 113 cm³/mol. The predicted octanol–water partition coefficient (Wildman–Crippen LogP) is 3.61. The summed E-state index contributed by atoms with van der Waals surface area (Å²) >= 11 is 6.37. The summed E-state index contributed by atoms with van der Waals surface area (Å²) in [6.07, 6.45) is 0.837. The van der Waals surface area contributed by atoms with E-state index in [1.54, 1.807) is 20.0 Å². The molecule has 0 fully saturated rings. The lowest BCUT2D eigenvalue weighted by molar-refractivity contribution is -0.140. The van der Waals surface area contributed by atoms with E-state index in [1.807, 2.05) is 36.4 Å². The molecule has 0 N–H and O–H groups in total. The van der Waals surface area contributed by atoms with Crippen molar-refractivity contribution in [1.29, 1.82) is 0 Å². The lowest BCUT2D eigenvalue weighted by Crippen LogP contribution is -2.38. The molecule has 2 amide bonds. The summed E-state index contributed by atoms with van der Waals surface area (Å²) in [6, 6.07) is 12.7. The normalized spacial score (nSPS) is 17.1. The van der Waals surface area contributed by atoms with Crippen LogP contribution in [0.25, 0.3) is 0 Å². The van der Waals surface area contributed by atoms with Crippen LogP contribution in [0.15, 0.2) is 47.6 Å². The van der Waals surface area contributed by atoms with Gasteiger partial charge in [0.05, 0.1) is 11.8 Å². The number of rotatable bonds is 5. The molecule has 0 spiro atoms. The van der Waals surface area contributed by atoms with Crippen molar-refractivity contribution in [1.82, 2.24) is 9.91 Å². The van der Waals surface area contributed by atoms with Gasteiger partial charge in [-0.2, -0.15) is 5.10 Å². The SMILES string of the molecule is CCC(=O)N(C)CC(=O)N1N=C(c2ccccc2Cl)C[C@H]1c1ccc2c(c1)OCO2. The van der Waals surface area contributed by atoms with E-state index in [0.717, 1.165) is 16.8 Å². The van der Waals surface area contributed by atoms with Crippen LogP contribution >= 0.6 is 11.6 Å². The third-order valence-electron chi connectivity index (χ3n) is 5.23. The number of benzene rings is 2. The number of halogens is 1. The Balaban J connectivity index is 1.66. The summed E-state index contributed by atoms with van der Waals surface area (Å²) in [4.78, 5) is 26.5. The molecule has 4 rings (SSSR count). The standard InChI is InChI=1S/C22H22ClN3O4/c1-3-21(27)25(2)12-22(28)26-18(14-8-9-19-20(10-14)30-13-29-19)11-17(24-26)15-6-4-5-7-16(15)23/h4-10,18H,3,11-13H2,1-2H3/t18-/m0/s1. The molecule has 0 unspecified atom stereocenters. The van der Waals surface area contributed by atoms with Crippen molar-refractivity contribution >= 4 is 29.1 Å². The highest BCUT2D eigenvalue weighted by molar-refractivity contribution is 6.34. The van der Waals surface area contributed by atoms with E-state index in [1.165, 1.54) is 9.91 Å². The number of hydrazone groups is 1. The number of carbonyl (C=O) groups is 2. The molecule has 2 aromatic rings. The van der Waals surface area contributed by atoms with Gasteiger partial charge in [0, 0.05) is 30.5 Å². The number of fused-ring (bicyclic) bond motifs is 1. The Morgan fingerprint density at radius 2 is 1.97 bits per heavy atom. The molecule has 7 nitrogen and oxygen atoms in total. The summed E-state index contributed by atoms with van der Waals surface area (Å²) in [5.41, 5.74) is 2.39. The van der Waals surface area contributed by atoms with Crippen molar-refractivity contribution in [2.24, 2.45) is 5.10 Å². The third-order valence-corrected chi connectivity index (χ3v) is 5.56. The summed E-state index contributed by atoms with van der Waals surface area (Å²) in [6.45, 7) is 1.90. The molecule has 0 aromatic heterocycles. The number of carbonyl (C=O) groups excluding carboxylic acids is 2. The number of hydrogen-bond donors (Lipinski definition) is 0. The van der Waals surface area contributed by atoms with Crippen LogP contribution in [0.3, 0.4) is 0 Å². The van der Waals surface area contributed by atoms with E-state index in [2.05, 4.69) is 5.10 Å². The first-order chi connectivity index (χ1) is 14.5. The van der Waals surface area contributed by atoms with Crippen molar-refractivity contribution < 1.29 is 19.1 Å². The van der Waals surface area contributed by atoms with Gasteiger partial charge in [0.1, 0.15) is 6.54 Å². The van der Waals surface area contributed by atoms with E-state index in [9.17, 15) is 9.59 Å². The molecule has 0 aliphatic carbocycles. The van der Waals surface area contributed by atoms with E-state index in [4.69, 9.17) is 21.1 Å². The Bertz CT molecular complexity index is 1020. The minimum absolute atomic E-state index is 0.0486. The smallest absolute Gasteiger partial charge is 0.262 e. The van der Waals surface area contributed by atoms with Gasteiger partial charge in [0.25, 0.3) is 5.91 Å². The Morgan fingerprint density at radius 3 is 2.73 bits per heavy atom. The van der Waals surface area contributed by atoms with Crippen LogP contribution in [0, 0.1) is 0 Å². The highest BCUT2D eigenvalue weighted by atomic mass is 35.5. The first-order valence-corrected chi connectivity index (χ1v) is 10.1. The van der Waals surface area contributed by atoms with E-state index in [-0.39, 0.29) is 31.2 Å². The number of nitrogens with zero attached hydrogens (tertiary/aromatic N) is 3. The average Bonchev–Trinajstić information content (AvgIpc) is 3.40. The van der Waals surface area contributed by atoms with Gasteiger partial charge in [-0.15, -0.1) is 0 Å². The molecule has 2 heterocycles. The van der Waals surface area contributed by atoms with Crippen molar-refractivity contribution in [3.63, 3.8) is 0 Å². The van der Waals surface area contributed by atoms with Gasteiger partial charge < -0.3 is 14.4 Å². The Hall–Kier alpha value is -3.06. The van der Waals surface area contributed by atoms with Gasteiger partial charge in [-0.3, -0.25) is 9.59 Å². The molecule has 0 saturated heterocycles. The molecule has 30 heavy (non-hydrogen) atoms. The summed E-state index contributed by atoms with van der Waals surface area (Å²) in [5, 5.41) is 6.65. The van der Waals surface area contributed by atoms with Gasteiger partial charge in [-0.1, -0.05) is 42.8 Å². The van der Waals surface area contributed by atoms with Crippen molar-refractivity contribution in [3.8, 4) is 11.5 Å². The maximum absolute atomic E-state index is 13.1. The molecule has 2 aromatic carbocycles. The van der Waals surface area contributed by atoms with Crippen LogP contribution in [0.5, 0.6) is 11.5 Å². The molecule has 2 aliphatic rings. The summed E-state index contributed by atoms with van der Waals surface area (Å²) < 4.78 is 10.9. The maximum Gasteiger partial charge on any atom is 0.262 e. The van der Waals surface area contributed by atoms with Crippen LogP contribution in [0.1, 0.15) is 36.9 Å². The second-order valence-electron chi connectivity index (χ2n) is 7.20. The van der Waals surface area contributed by atoms with Gasteiger partial charge in [0.2, 0.25) is 12.7 Å². The molecular weight excluding hydrogens is 406 g/mol. The highest BCUT2D eigenvalue weighted by Gasteiger charge is 2.35. The lowest BCUT2D eigenvalue weighted by atomic mass is 9.98. The largest absolute Gasteiger partial charge is 0.454 e. The van der Waals surface area contributed by atoms with Crippen molar-refractivity contribution in [2.45, 2.75) is 25.8 Å². The van der Waals surface area contributed by atoms with Gasteiger partial charge >= 0.3 is 0 Å².